The van der Waals surface area contributed by atoms with E-state index in [0.717, 1.165) is 0 Å². The second kappa shape index (κ2) is 8.24. The molecule has 0 radical (unpaired) electrons. The molecule has 0 saturated carbocycles. The highest BCUT2D eigenvalue weighted by atomic mass is 35.5. The smallest absolute Gasteiger partial charge is 0.287 e. The number of carbonyl (C=O) groups is 2. The monoisotopic (exact) mass is 336 g/mol. The van der Waals surface area contributed by atoms with Gasteiger partial charge in [-0.3, -0.25) is 9.59 Å². The van der Waals surface area contributed by atoms with E-state index in [4.69, 9.17) is 20.8 Å². The number of benzene rings is 1. The predicted molar refractivity (Wildman–Crippen MR) is 85.6 cm³/mol. The first kappa shape index (κ1) is 16.9. The average molecular weight is 337 g/mol. The van der Waals surface area contributed by atoms with E-state index >= 15 is 0 Å². The fourth-order valence-electron chi connectivity index (χ4n) is 1.80. The van der Waals surface area contributed by atoms with E-state index in [2.05, 4.69) is 10.6 Å². The van der Waals surface area contributed by atoms with Crippen LogP contribution in [-0.2, 0) is 4.79 Å². The van der Waals surface area contributed by atoms with Gasteiger partial charge in [-0.05, 0) is 37.3 Å². The highest BCUT2D eigenvalue weighted by Gasteiger charge is 2.14. The Kier molecular flexibility index (Phi) is 6.05. The molecule has 23 heavy (non-hydrogen) atoms. The molecule has 1 aromatic carbocycles. The van der Waals surface area contributed by atoms with Gasteiger partial charge in [0, 0.05) is 18.1 Å². The lowest BCUT2D eigenvalue weighted by Gasteiger charge is -2.15. The Bertz CT molecular complexity index is 658. The molecular formula is C16H17ClN2O4. The normalized spacial score (nSPS) is 11.6. The summed E-state index contributed by atoms with van der Waals surface area (Å²) in [5.74, 6) is 0.143. The maximum atomic E-state index is 11.9. The van der Waals surface area contributed by atoms with Crippen molar-refractivity contribution in [2.75, 3.05) is 13.1 Å². The Hall–Kier alpha value is -2.47. The van der Waals surface area contributed by atoms with Crippen molar-refractivity contribution >= 4 is 23.4 Å². The minimum atomic E-state index is -0.672. The van der Waals surface area contributed by atoms with Crippen LogP contribution in [0, 0.1) is 0 Å². The number of carbonyl (C=O) groups excluding carboxylic acids is 2. The van der Waals surface area contributed by atoms with E-state index < -0.39 is 6.10 Å². The molecule has 122 valence electrons. The number of hydrogen-bond acceptors (Lipinski definition) is 4. The lowest BCUT2D eigenvalue weighted by atomic mass is 10.3. The fourth-order valence-corrected chi connectivity index (χ4v) is 1.98. The SMILES string of the molecule is CC(Oc1cccc(Cl)c1)C(=O)NCCNC(=O)c1ccco1. The maximum absolute atomic E-state index is 11.9. The van der Waals surface area contributed by atoms with Gasteiger partial charge in [-0.25, -0.2) is 0 Å². The molecule has 2 amide bonds. The minimum Gasteiger partial charge on any atom is -0.481 e. The van der Waals surface area contributed by atoms with Crippen molar-refractivity contribution in [3.63, 3.8) is 0 Å². The van der Waals surface area contributed by atoms with Gasteiger partial charge < -0.3 is 19.8 Å². The zero-order valence-corrected chi connectivity index (χ0v) is 13.3. The zero-order chi connectivity index (χ0) is 16.7. The van der Waals surface area contributed by atoms with Crippen LogP contribution in [0.25, 0.3) is 0 Å². The lowest BCUT2D eigenvalue weighted by Crippen LogP contribution is -2.40. The second-order valence-corrected chi connectivity index (χ2v) is 5.18. The molecule has 0 bridgehead atoms. The third kappa shape index (κ3) is 5.34. The van der Waals surface area contributed by atoms with Crippen LogP contribution in [0.5, 0.6) is 5.75 Å². The molecule has 2 rings (SSSR count). The molecule has 0 aliphatic rings. The Labute approximate surface area is 138 Å². The van der Waals surface area contributed by atoms with E-state index in [9.17, 15) is 9.59 Å². The van der Waals surface area contributed by atoms with Gasteiger partial charge in [-0.2, -0.15) is 0 Å². The van der Waals surface area contributed by atoms with Crippen molar-refractivity contribution in [3.8, 4) is 5.75 Å². The molecular weight excluding hydrogens is 320 g/mol. The molecule has 0 saturated heterocycles. The standard InChI is InChI=1S/C16H17ClN2O4/c1-11(23-13-5-2-4-12(17)10-13)15(20)18-7-8-19-16(21)14-6-3-9-22-14/h2-6,9-11H,7-8H2,1H3,(H,18,20)(H,19,21). The molecule has 0 aliphatic heterocycles. The second-order valence-electron chi connectivity index (χ2n) is 4.74. The Morgan fingerprint density at radius 1 is 1.22 bits per heavy atom. The summed E-state index contributed by atoms with van der Waals surface area (Å²) < 4.78 is 10.5. The molecule has 0 aliphatic carbocycles. The number of ether oxygens (including phenoxy) is 1. The van der Waals surface area contributed by atoms with E-state index in [0.29, 0.717) is 10.8 Å². The number of nitrogens with one attached hydrogen (secondary N) is 2. The Balaban J connectivity index is 1.69. The van der Waals surface area contributed by atoms with Crippen LogP contribution in [0.2, 0.25) is 5.02 Å². The van der Waals surface area contributed by atoms with Crippen LogP contribution < -0.4 is 15.4 Å². The number of hydrogen-bond donors (Lipinski definition) is 2. The quantitative estimate of drug-likeness (QED) is 0.760. The van der Waals surface area contributed by atoms with Crippen LogP contribution in [0.15, 0.2) is 47.1 Å². The van der Waals surface area contributed by atoms with Gasteiger partial charge in [0.05, 0.1) is 6.26 Å². The molecule has 1 aromatic heterocycles. The number of rotatable bonds is 7. The van der Waals surface area contributed by atoms with Crippen molar-refractivity contribution in [1.82, 2.24) is 10.6 Å². The Morgan fingerprint density at radius 3 is 2.70 bits per heavy atom. The summed E-state index contributed by atoms with van der Waals surface area (Å²) in [6, 6.07) is 10.0. The van der Waals surface area contributed by atoms with Crippen LogP contribution in [-0.4, -0.2) is 31.0 Å². The molecule has 0 spiro atoms. The average Bonchev–Trinajstić information content (AvgIpc) is 3.05. The topological polar surface area (TPSA) is 80.6 Å². The summed E-state index contributed by atoms with van der Waals surface area (Å²) >= 11 is 5.85. The van der Waals surface area contributed by atoms with E-state index in [1.165, 1.54) is 6.26 Å². The summed E-state index contributed by atoms with van der Waals surface area (Å²) in [7, 11) is 0. The number of halogens is 1. The number of amides is 2. The van der Waals surface area contributed by atoms with Gasteiger partial charge >= 0.3 is 0 Å². The van der Waals surface area contributed by atoms with Crippen molar-refractivity contribution in [2.45, 2.75) is 13.0 Å². The van der Waals surface area contributed by atoms with E-state index in [1.54, 1.807) is 43.3 Å². The highest BCUT2D eigenvalue weighted by Crippen LogP contribution is 2.18. The number of furan rings is 1. The first-order valence-electron chi connectivity index (χ1n) is 7.08. The van der Waals surface area contributed by atoms with Crippen molar-refractivity contribution < 1.29 is 18.7 Å². The van der Waals surface area contributed by atoms with Crippen LogP contribution in [0.1, 0.15) is 17.5 Å². The summed E-state index contributed by atoms with van der Waals surface area (Å²) in [5, 5.41) is 5.84. The fraction of sp³-hybridized carbons (Fsp3) is 0.250. The van der Waals surface area contributed by atoms with Crippen LogP contribution in [0.4, 0.5) is 0 Å². The molecule has 7 heteroatoms. The molecule has 2 N–H and O–H groups in total. The highest BCUT2D eigenvalue weighted by molar-refractivity contribution is 6.30. The minimum absolute atomic E-state index is 0.231. The maximum Gasteiger partial charge on any atom is 0.287 e. The third-order valence-electron chi connectivity index (χ3n) is 2.93. The summed E-state index contributed by atoms with van der Waals surface area (Å²) in [6.45, 7) is 2.21. The largest absolute Gasteiger partial charge is 0.481 e. The Morgan fingerprint density at radius 2 is 2.00 bits per heavy atom. The van der Waals surface area contributed by atoms with Gasteiger partial charge in [0.1, 0.15) is 5.75 Å². The molecule has 1 atom stereocenters. The van der Waals surface area contributed by atoms with Gasteiger partial charge in [0.2, 0.25) is 0 Å². The van der Waals surface area contributed by atoms with E-state index in [1.807, 2.05) is 0 Å². The van der Waals surface area contributed by atoms with Gasteiger partial charge in [0.15, 0.2) is 11.9 Å². The summed E-state index contributed by atoms with van der Waals surface area (Å²) in [5.41, 5.74) is 0. The van der Waals surface area contributed by atoms with Gasteiger partial charge in [-0.1, -0.05) is 17.7 Å². The molecule has 1 heterocycles. The molecule has 1 unspecified atom stereocenters. The lowest BCUT2D eigenvalue weighted by molar-refractivity contribution is -0.127. The van der Waals surface area contributed by atoms with Gasteiger partial charge in [-0.15, -0.1) is 0 Å². The summed E-state index contributed by atoms with van der Waals surface area (Å²) in [4.78, 5) is 23.5. The predicted octanol–water partition coefficient (Wildman–Crippen LogP) is 2.25. The molecule has 0 fully saturated rings. The van der Waals surface area contributed by atoms with Crippen molar-refractivity contribution in [3.05, 3.63) is 53.4 Å². The third-order valence-corrected chi connectivity index (χ3v) is 3.17. The first-order chi connectivity index (χ1) is 11.1. The van der Waals surface area contributed by atoms with Crippen LogP contribution >= 0.6 is 11.6 Å². The molecule has 2 aromatic rings. The first-order valence-corrected chi connectivity index (χ1v) is 7.45. The molecule has 6 nitrogen and oxygen atoms in total. The van der Waals surface area contributed by atoms with Crippen LogP contribution in [0.3, 0.4) is 0 Å². The van der Waals surface area contributed by atoms with E-state index in [-0.39, 0.29) is 30.7 Å². The zero-order valence-electron chi connectivity index (χ0n) is 12.5. The van der Waals surface area contributed by atoms with Crippen molar-refractivity contribution in [1.29, 1.82) is 0 Å². The summed E-state index contributed by atoms with van der Waals surface area (Å²) in [6.07, 6.45) is 0.750. The van der Waals surface area contributed by atoms with Crippen molar-refractivity contribution in [2.24, 2.45) is 0 Å². The van der Waals surface area contributed by atoms with Gasteiger partial charge in [0.25, 0.3) is 11.8 Å².